The molecule has 0 amide bonds. The summed E-state index contributed by atoms with van der Waals surface area (Å²) in [6.45, 7) is 8.02. The van der Waals surface area contributed by atoms with Crippen molar-refractivity contribution in [2.24, 2.45) is 5.41 Å². The monoisotopic (exact) mass is 280 g/mol. The number of anilines is 1. The van der Waals surface area contributed by atoms with E-state index >= 15 is 0 Å². The van der Waals surface area contributed by atoms with Crippen LogP contribution in [0.25, 0.3) is 0 Å². The van der Waals surface area contributed by atoms with E-state index in [4.69, 9.17) is 0 Å². The Morgan fingerprint density at radius 2 is 2.00 bits per heavy atom. The second kappa shape index (κ2) is 5.90. The van der Waals surface area contributed by atoms with E-state index in [2.05, 4.69) is 10.1 Å². The molecular formula is C14H20N2O4. The van der Waals surface area contributed by atoms with Crippen molar-refractivity contribution in [2.75, 3.05) is 12.4 Å². The number of hydrogen-bond acceptors (Lipinski definition) is 5. The van der Waals surface area contributed by atoms with Crippen LogP contribution < -0.4 is 5.32 Å². The highest BCUT2D eigenvalue weighted by molar-refractivity contribution is 5.91. The van der Waals surface area contributed by atoms with Crippen molar-refractivity contribution in [3.63, 3.8) is 0 Å². The van der Waals surface area contributed by atoms with Gasteiger partial charge in [-0.3, -0.25) is 10.1 Å². The highest BCUT2D eigenvalue weighted by atomic mass is 16.6. The first kappa shape index (κ1) is 15.9. The van der Waals surface area contributed by atoms with Crippen LogP contribution in [0.4, 0.5) is 11.4 Å². The van der Waals surface area contributed by atoms with Gasteiger partial charge in [-0.05, 0) is 24.5 Å². The third kappa shape index (κ3) is 3.69. The van der Waals surface area contributed by atoms with E-state index in [-0.39, 0.29) is 22.7 Å². The van der Waals surface area contributed by atoms with Crippen LogP contribution in [0, 0.1) is 15.5 Å². The fourth-order valence-electron chi connectivity index (χ4n) is 1.51. The molecule has 0 saturated heterocycles. The number of nitro benzene ring substituents is 1. The Morgan fingerprint density at radius 1 is 1.40 bits per heavy atom. The molecule has 1 atom stereocenters. The van der Waals surface area contributed by atoms with Gasteiger partial charge in [0.2, 0.25) is 0 Å². The summed E-state index contributed by atoms with van der Waals surface area (Å²) in [5.41, 5.74) is 0.463. The topological polar surface area (TPSA) is 81.5 Å². The SMILES string of the molecule is COC(=O)c1ccc([N+](=O)[O-])c(NC(C)C(C)(C)C)c1. The number of carbonyl (C=O) groups excluding carboxylic acids is 1. The Balaban J connectivity index is 3.19. The number of ether oxygens (including phenoxy) is 1. The average Bonchev–Trinajstić information content (AvgIpc) is 2.36. The molecule has 6 nitrogen and oxygen atoms in total. The summed E-state index contributed by atoms with van der Waals surface area (Å²) in [5.74, 6) is -0.522. The van der Waals surface area contributed by atoms with Crippen molar-refractivity contribution in [2.45, 2.75) is 33.7 Å². The lowest BCUT2D eigenvalue weighted by molar-refractivity contribution is -0.384. The summed E-state index contributed by atoms with van der Waals surface area (Å²) in [6.07, 6.45) is 0. The standard InChI is InChI=1S/C14H20N2O4/c1-9(14(2,3)4)15-11-8-10(13(17)20-5)6-7-12(11)16(18)19/h6-9,15H,1-5H3. The maximum Gasteiger partial charge on any atom is 0.337 e. The molecular weight excluding hydrogens is 260 g/mol. The molecule has 1 rings (SSSR count). The molecule has 0 aliphatic rings. The predicted octanol–water partition coefficient (Wildman–Crippen LogP) is 3.23. The van der Waals surface area contributed by atoms with Crippen molar-refractivity contribution in [1.82, 2.24) is 0 Å². The first-order valence-corrected chi connectivity index (χ1v) is 6.30. The van der Waals surface area contributed by atoms with Gasteiger partial charge in [0.15, 0.2) is 0 Å². The Hall–Kier alpha value is -2.11. The fourth-order valence-corrected chi connectivity index (χ4v) is 1.51. The minimum atomic E-state index is -0.522. The van der Waals surface area contributed by atoms with Crippen LogP contribution in [0.3, 0.4) is 0 Å². The van der Waals surface area contributed by atoms with Gasteiger partial charge in [-0.1, -0.05) is 20.8 Å². The molecule has 6 heteroatoms. The van der Waals surface area contributed by atoms with Gasteiger partial charge >= 0.3 is 5.97 Å². The molecule has 0 aromatic heterocycles. The minimum Gasteiger partial charge on any atom is -0.465 e. The van der Waals surface area contributed by atoms with Gasteiger partial charge in [-0.15, -0.1) is 0 Å². The summed E-state index contributed by atoms with van der Waals surface area (Å²) >= 11 is 0. The molecule has 0 radical (unpaired) electrons. The summed E-state index contributed by atoms with van der Waals surface area (Å²) in [7, 11) is 1.27. The second-order valence-electron chi connectivity index (χ2n) is 5.71. The smallest absolute Gasteiger partial charge is 0.337 e. The number of carbonyl (C=O) groups is 1. The van der Waals surface area contributed by atoms with Gasteiger partial charge in [-0.25, -0.2) is 4.79 Å². The summed E-state index contributed by atoms with van der Waals surface area (Å²) in [4.78, 5) is 22.1. The molecule has 1 aromatic rings. The van der Waals surface area contributed by atoms with E-state index < -0.39 is 10.9 Å². The molecule has 1 N–H and O–H groups in total. The molecule has 0 fully saturated rings. The van der Waals surface area contributed by atoms with E-state index in [0.717, 1.165) is 0 Å². The van der Waals surface area contributed by atoms with Crippen molar-refractivity contribution >= 4 is 17.3 Å². The number of nitro groups is 1. The van der Waals surface area contributed by atoms with Gasteiger partial charge in [0.1, 0.15) is 5.69 Å². The van der Waals surface area contributed by atoms with Crippen LogP contribution in [0.15, 0.2) is 18.2 Å². The van der Waals surface area contributed by atoms with Gasteiger partial charge in [0.05, 0.1) is 17.6 Å². The number of esters is 1. The van der Waals surface area contributed by atoms with E-state index in [0.29, 0.717) is 5.69 Å². The third-order valence-electron chi connectivity index (χ3n) is 3.29. The first-order valence-electron chi connectivity index (χ1n) is 6.30. The van der Waals surface area contributed by atoms with Crippen molar-refractivity contribution in [3.8, 4) is 0 Å². The van der Waals surface area contributed by atoms with E-state index in [1.807, 2.05) is 27.7 Å². The number of benzene rings is 1. The Bertz CT molecular complexity index is 520. The summed E-state index contributed by atoms with van der Waals surface area (Å²) in [6, 6.07) is 4.14. The van der Waals surface area contributed by atoms with Crippen LogP contribution >= 0.6 is 0 Å². The van der Waals surface area contributed by atoms with Crippen LogP contribution in [0.2, 0.25) is 0 Å². The Labute approximate surface area is 118 Å². The van der Waals surface area contributed by atoms with Crippen molar-refractivity contribution < 1.29 is 14.5 Å². The van der Waals surface area contributed by atoms with E-state index in [9.17, 15) is 14.9 Å². The quantitative estimate of drug-likeness (QED) is 0.520. The zero-order chi connectivity index (χ0) is 15.5. The van der Waals surface area contributed by atoms with E-state index in [1.165, 1.54) is 25.3 Å². The Kier molecular flexibility index (Phi) is 4.70. The number of nitrogens with one attached hydrogen (secondary N) is 1. The number of nitrogens with zero attached hydrogens (tertiary/aromatic N) is 1. The number of hydrogen-bond donors (Lipinski definition) is 1. The molecule has 0 heterocycles. The zero-order valence-electron chi connectivity index (χ0n) is 12.4. The Morgan fingerprint density at radius 3 is 2.45 bits per heavy atom. The van der Waals surface area contributed by atoms with Crippen molar-refractivity contribution in [3.05, 3.63) is 33.9 Å². The molecule has 0 aliphatic carbocycles. The second-order valence-corrected chi connectivity index (χ2v) is 5.71. The lowest BCUT2D eigenvalue weighted by atomic mass is 9.88. The molecule has 20 heavy (non-hydrogen) atoms. The first-order chi connectivity index (χ1) is 9.16. The van der Waals surface area contributed by atoms with Gasteiger partial charge in [0, 0.05) is 12.1 Å². The van der Waals surface area contributed by atoms with Crippen molar-refractivity contribution in [1.29, 1.82) is 0 Å². The summed E-state index contributed by atoms with van der Waals surface area (Å²) < 4.78 is 4.63. The van der Waals surface area contributed by atoms with Crippen LogP contribution in [-0.2, 0) is 4.74 Å². The van der Waals surface area contributed by atoms with Gasteiger partial charge in [0.25, 0.3) is 5.69 Å². The molecule has 1 unspecified atom stereocenters. The molecule has 0 saturated carbocycles. The highest BCUT2D eigenvalue weighted by Gasteiger charge is 2.24. The lowest BCUT2D eigenvalue weighted by Crippen LogP contribution is -2.31. The van der Waals surface area contributed by atoms with Crippen LogP contribution in [-0.4, -0.2) is 24.0 Å². The largest absolute Gasteiger partial charge is 0.465 e. The lowest BCUT2D eigenvalue weighted by Gasteiger charge is -2.28. The summed E-state index contributed by atoms with van der Waals surface area (Å²) in [5, 5.41) is 14.2. The van der Waals surface area contributed by atoms with E-state index in [1.54, 1.807) is 0 Å². The maximum atomic E-state index is 11.5. The maximum absolute atomic E-state index is 11.5. The molecule has 1 aromatic carbocycles. The van der Waals surface area contributed by atoms with Crippen LogP contribution in [0.1, 0.15) is 38.1 Å². The highest BCUT2D eigenvalue weighted by Crippen LogP contribution is 2.30. The predicted molar refractivity (Wildman–Crippen MR) is 77.0 cm³/mol. The molecule has 0 bridgehead atoms. The molecule has 110 valence electrons. The number of rotatable bonds is 4. The average molecular weight is 280 g/mol. The molecule has 0 spiro atoms. The normalized spacial score (nSPS) is 12.7. The van der Waals surface area contributed by atoms with Gasteiger partial charge in [-0.2, -0.15) is 0 Å². The minimum absolute atomic E-state index is 0.00547. The van der Waals surface area contributed by atoms with Gasteiger partial charge < -0.3 is 10.1 Å². The van der Waals surface area contributed by atoms with Crippen LogP contribution in [0.5, 0.6) is 0 Å². The third-order valence-corrected chi connectivity index (χ3v) is 3.29. The number of methoxy groups -OCH3 is 1. The fraction of sp³-hybridized carbons (Fsp3) is 0.500. The molecule has 0 aliphatic heterocycles. The zero-order valence-corrected chi connectivity index (χ0v) is 12.4.